The van der Waals surface area contributed by atoms with E-state index in [-0.39, 0.29) is 0 Å². The van der Waals surface area contributed by atoms with Crippen LogP contribution in [0.1, 0.15) is 31.9 Å². The largest absolute Gasteiger partial charge is 0.387 e. The standard InChI is InChI=1S/C23H26O2/c1-17-11-13-18(14-12-17)20-15-16-25-22(2,3)23(20,4)21(24)19-9-7-5-6-8-10-19/h5,7-15,21,24H,16H2,1-4H3. The van der Waals surface area contributed by atoms with Crippen LogP contribution in [0.5, 0.6) is 0 Å². The summed E-state index contributed by atoms with van der Waals surface area (Å²) in [5.41, 5.74) is 6.30. The van der Waals surface area contributed by atoms with Crippen molar-refractivity contribution in [3.8, 4) is 0 Å². The van der Waals surface area contributed by atoms with Crippen LogP contribution in [0.3, 0.4) is 0 Å². The zero-order valence-electron chi connectivity index (χ0n) is 15.4. The normalized spacial score (nSPS) is 26.0. The van der Waals surface area contributed by atoms with Crippen LogP contribution >= 0.6 is 0 Å². The molecular weight excluding hydrogens is 308 g/mol. The number of allylic oxidation sites excluding steroid dienone is 3. The van der Waals surface area contributed by atoms with E-state index in [1.807, 2.05) is 30.4 Å². The van der Waals surface area contributed by atoms with Crippen molar-refractivity contribution in [3.63, 3.8) is 0 Å². The molecule has 1 aromatic carbocycles. The van der Waals surface area contributed by atoms with Gasteiger partial charge in [0.1, 0.15) is 0 Å². The Morgan fingerprint density at radius 3 is 2.56 bits per heavy atom. The average molecular weight is 334 g/mol. The molecule has 0 bridgehead atoms. The van der Waals surface area contributed by atoms with Crippen molar-refractivity contribution >= 4 is 5.57 Å². The molecule has 130 valence electrons. The Morgan fingerprint density at radius 2 is 1.84 bits per heavy atom. The summed E-state index contributed by atoms with van der Waals surface area (Å²) in [6.07, 6.45) is 10.9. The number of rotatable bonds is 3. The summed E-state index contributed by atoms with van der Waals surface area (Å²) >= 11 is 0. The predicted molar refractivity (Wildman–Crippen MR) is 103 cm³/mol. The molecule has 1 aromatic rings. The fourth-order valence-electron chi connectivity index (χ4n) is 3.63. The van der Waals surface area contributed by atoms with Crippen molar-refractivity contribution in [2.24, 2.45) is 5.41 Å². The molecule has 2 nitrogen and oxygen atoms in total. The fourth-order valence-corrected chi connectivity index (χ4v) is 3.63. The zero-order chi connectivity index (χ0) is 18.1. The van der Waals surface area contributed by atoms with Crippen LogP contribution in [-0.2, 0) is 4.74 Å². The van der Waals surface area contributed by atoms with Crippen molar-refractivity contribution in [1.82, 2.24) is 0 Å². The van der Waals surface area contributed by atoms with E-state index in [4.69, 9.17) is 4.74 Å². The third-order valence-electron chi connectivity index (χ3n) is 5.62. The smallest absolute Gasteiger partial charge is 0.0911 e. The lowest BCUT2D eigenvalue weighted by molar-refractivity contribution is -0.113. The van der Waals surface area contributed by atoms with E-state index in [0.29, 0.717) is 6.61 Å². The lowest BCUT2D eigenvalue weighted by Gasteiger charge is -2.51. The van der Waals surface area contributed by atoms with Crippen molar-refractivity contribution in [2.75, 3.05) is 6.61 Å². The highest BCUT2D eigenvalue weighted by Gasteiger charge is 2.52. The second kappa shape index (κ2) is 6.65. The molecule has 2 aliphatic rings. The highest BCUT2D eigenvalue weighted by atomic mass is 16.5. The summed E-state index contributed by atoms with van der Waals surface area (Å²) in [4.78, 5) is 0. The number of aryl methyl sites for hydroxylation is 1. The maximum Gasteiger partial charge on any atom is 0.0911 e. The summed E-state index contributed by atoms with van der Waals surface area (Å²) in [7, 11) is 0. The number of benzene rings is 1. The fraction of sp³-hybridized carbons (Fsp3) is 0.348. The van der Waals surface area contributed by atoms with E-state index in [2.05, 4.69) is 63.8 Å². The third-order valence-corrected chi connectivity index (χ3v) is 5.62. The first-order valence-electron chi connectivity index (χ1n) is 8.75. The van der Waals surface area contributed by atoms with Gasteiger partial charge in [-0.1, -0.05) is 48.1 Å². The van der Waals surface area contributed by atoms with Gasteiger partial charge in [0.25, 0.3) is 0 Å². The zero-order valence-corrected chi connectivity index (χ0v) is 15.4. The highest BCUT2D eigenvalue weighted by molar-refractivity contribution is 5.74. The molecule has 3 rings (SSSR count). The number of hydrogen-bond acceptors (Lipinski definition) is 2. The van der Waals surface area contributed by atoms with Crippen LogP contribution < -0.4 is 0 Å². The molecule has 2 atom stereocenters. The average Bonchev–Trinajstić information content (AvgIpc) is 2.87. The van der Waals surface area contributed by atoms with Gasteiger partial charge in [0.2, 0.25) is 0 Å². The van der Waals surface area contributed by atoms with Gasteiger partial charge in [-0.25, -0.2) is 0 Å². The van der Waals surface area contributed by atoms with E-state index in [0.717, 1.165) is 16.7 Å². The molecule has 0 saturated carbocycles. The maximum atomic E-state index is 11.4. The van der Waals surface area contributed by atoms with Crippen molar-refractivity contribution < 1.29 is 9.84 Å². The summed E-state index contributed by atoms with van der Waals surface area (Å²) < 4.78 is 6.08. The van der Waals surface area contributed by atoms with Crippen molar-refractivity contribution in [1.29, 1.82) is 0 Å². The minimum Gasteiger partial charge on any atom is -0.387 e. The Bertz CT molecular complexity index is 799. The quantitative estimate of drug-likeness (QED) is 0.808. The highest BCUT2D eigenvalue weighted by Crippen LogP contribution is 2.52. The Hall–Kier alpha value is -2.12. The molecule has 0 saturated heterocycles. The Morgan fingerprint density at radius 1 is 1.12 bits per heavy atom. The van der Waals surface area contributed by atoms with Crippen LogP contribution in [-0.4, -0.2) is 23.4 Å². The van der Waals surface area contributed by atoms with Gasteiger partial charge in [-0.3, -0.25) is 0 Å². The van der Waals surface area contributed by atoms with Crippen molar-refractivity contribution in [3.05, 3.63) is 83.2 Å². The van der Waals surface area contributed by atoms with E-state index in [1.165, 1.54) is 5.56 Å². The molecule has 2 heteroatoms. The first-order valence-corrected chi connectivity index (χ1v) is 8.75. The molecule has 0 fully saturated rings. The predicted octanol–water partition coefficient (Wildman–Crippen LogP) is 4.76. The lowest BCUT2D eigenvalue weighted by Crippen LogP contribution is -2.54. The summed E-state index contributed by atoms with van der Waals surface area (Å²) in [5, 5.41) is 11.4. The molecule has 1 aliphatic heterocycles. The molecule has 0 radical (unpaired) electrons. The molecule has 25 heavy (non-hydrogen) atoms. The second-order valence-electron chi connectivity index (χ2n) is 7.44. The van der Waals surface area contributed by atoms with Crippen LogP contribution in [0.4, 0.5) is 0 Å². The molecule has 1 heterocycles. The van der Waals surface area contributed by atoms with Crippen LogP contribution in [0.25, 0.3) is 5.57 Å². The van der Waals surface area contributed by atoms with Crippen LogP contribution in [0.2, 0.25) is 0 Å². The molecule has 1 N–H and O–H groups in total. The van der Waals surface area contributed by atoms with E-state index in [9.17, 15) is 5.11 Å². The lowest BCUT2D eigenvalue weighted by atomic mass is 9.61. The Balaban J connectivity index is 2.11. The van der Waals surface area contributed by atoms with Gasteiger partial charge < -0.3 is 9.84 Å². The summed E-state index contributed by atoms with van der Waals surface area (Å²) in [6.45, 7) is 8.85. The minimum atomic E-state index is -0.698. The Kier molecular flexibility index (Phi) is 4.71. The number of ether oxygens (including phenoxy) is 1. The van der Waals surface area contributed by atoms with Gasteiger partial charge in [0.15, 0.2) is 0 Å². The molecule has 1 aliphatic carbocycles. The van der Waals surface area contributed by atoms with Crippen LogP contribution in [0, 0.1) is 12.3 Å². The first kappa shape index (κ1) is 17.7. The van der Waals surface area contributed by atoms with Gasteiger partial charge >= 0.3 is 0 Å². The molecule has 0 aromatic heterocycles. The van der Waals surface area contributed by atoms with E-state index >= 15 is 0 Å². The monoisotopic (exact) mass is 334 g/mol. The first-order chi connectivity index (χ1) is 11.9. The SMILES string of the molecule is Cc1ccc(C2=CCOC(C)(C)C2(C)C(O)C2=CC=C=CC=C2)cc1. The molecule has 2 unspecified atom stereocenters. The molecular formula is C23H26O2. The van der Waals surface area contributed by atoms with Gasteiger partial charge in [-0.15, -0.1) is 5.73 Å². The molecule has 0 amide bonds. The summed E-state index contributed by atoms with van der Waals surface area (Å²) in [6, 6.07) is 8.49. The number of aliphatic hydroxyl groups is 1. The third kappa shape index (κ3) is 3.09. The summed E-state index contributed by atoms with van der Waals surface area (Å²) in [5.74, 6) is 0. The second-order valence-corrected chi connectivity index (χ2v) is 7.44. The maximum absolute atomic E-state index is 11.4. The number of hydrogen-bond donors (Lipinski definition) is 1. The number of aliphatic hydroxyl groups excluding tert-OH is 1. The molecule has 0 spiro atoms. The van der Waals surface area contributed by atoms with Gasteiger partial charge in [-0.05, 0) is 62.6 Å². The Labute approximate surface area is 150 Å². The van der Waals surface area contributed by atoms with Gasteiger partial charge in [0, 0.05) is 0 Å². The van der Waals surface area contributed by atoms with Crippen molar-refractivity contribution in [2.45, 2.75) is 39.4 Å². The van der Waals surface area contributed by atoms with Gasteiger partial charge in [-0.2, -0.15) is 0 Å². The topological polar surface area (TPSA) is 29.5 Å². The van der Waals surface area contributed by atoms with Crippen LogP contribution in [0.15, 0.2) is 72.0 Å². The van der Waals surface area contributed by atoms with E-state index < -0.39 is 17.1 Å². The van der Waals surface area contributed by atoms with Gasteiger partial charge in [0.05, 0.1) is 23.7 Å². The minimum absolute atomic E-state index is 0.514. The van der Waals surface area contributed by atoms with E-state index in [1.54, 1.807) is 0 Å².